The minimum Gasteiger partial charge on any atom is -0.349 e. The normalized spacial score (nSPS) is 12.0. The molecule has 0 radical (unpaired) electrons. The van der Waals surface area contributed by atoms with Gasteiger partial charge in [-0.1, -0.05) is 41.9 Å². The Kier molecular flexibility index (Phi) is 5.23. The molecule has 4 rings (SSSR count). The van der Waals surface area contributed by atoms with Crippen LogP contribution in [0.15, 0.2) is 79.0 Å². The highest BCUT2D eigenvalue weighted by Gasteiger charge is 2.20. The average molecular weight is 405 g/mol. The van der Waals surface area contributed by atoms with E-state index in [9.17, 15) is 4.79 Å². The summed E-state index contributed by atoms with van der Waals surface area (Å²) < 4.78 is 3.63. The second-order valence-electron chi connectivity index (χ2n) is 6.91. The van der Waals surface area contributed by atoms with Gasteiger partial charge in [-0.3, -0.25) is 4.79 Å². The first-order valence-electron chi connectivity index (χ1n) is 9.36. The predicted molar refractivity (Wildman–Crippen MR) is 115 cm³/mol. The number of nitrogens with zero attached hydrogens (tertiary/aromatic N) is 3. The van der Waals surface area contributed by atoms with Gasteiger partial charge in [0.1, 0.15) is 11.4 Å². The zero-order valence-corrected chi connectivity index (χ0v) is 17.0. The van der Waals surface area contributed by atoms with Gasteiger partial charge >= 0.3 is 0 Å². The first kappa shape index (κ1) is 19.0. The van der Waals surface area contributed by atoms with Gasteiger partial charge < -0.3 is 9.88 Å². The van der Waals surface area contributed by atoms with Crippen LogP contribution in [0.25, 0.3) is 17.1 Å². The molecule has 0 unspecified atom stereocenters. The van der Waals surface area contributed by atoms with Crippen LogP contribution in [0.3, 0.4) is 0 Å². The number of rotatable bonds is 5. The number of aromatic nitrogens is 3. The van der Waals surface area contributed by atoms with Crippen LogP contribution in [-0.4, -0.2) is 20.3 Å². The molecule has 5 nitrogen and oxygen atoms in total. The van der Waals surface area contributed by atoms with Gasteiger partial charge in [0.2, 0.25) is 0 Å². The van der Waals surface area contributed by atoms with Crippen LogP contribution >= 0.6 is 11.6 Å². The van der Waals surface area contributed by atoms with Gasteiger partial charge in [-0.15, -0.1) is 0 Å². The van der Waals surface area contributed by atoms with E-state index in [1.54, 1.807) is 16.8 Å². The molecule has 1 N–H and O–H groups in total. The molecule has 1 amide bonds. The molecular weight excluding hydrogens is 384 g/mol. The van der Waals surface area contributed by atoms with Crippen molar-refractivity contribution in [2.45, 2.75) is 13.0 Å². The average Bonchev–Trinajstić information content (AvgIpc) is 3.35. The van der Waals surface area contributed by atoms with Gasteiger partial charge in [-0.05, 0) is 55.0 Å². The number of carbonyl (C=O) groups is 1. The zero-order valence-electron chi connectivity index (χ0n) is 16.2. The van der Waals surface area contributed by atoms with E-state index in [0.717, 1.165) is 22.6 Å². The molecular formula is C23H21ClN4O. The standard InChI is InChI=1S/C23H21ClN4O/c1-16(17-7-4-3-5-8-17)25-23(29)22-15-20(21-9-6-14-27(21)2)26-28(22)19-12-10-18(24)11-13-19/h3-16H,1-2H3,(H,25,29)/t16-/m1/s1. The van der Waals surface area contributed by atoms with Gasteiger partial charge in [-0.25, -0.2) is 4.68 Å². The number of aryl methyl sites for hydroxylation is 1. The van der Waals surface area contributed by atoms with Gasteiger partial charge in [0, 0.05) is 18.3 Å². The zero-order chi connectivity index (χ0) is 20.4. The van der Waals surface area contributed by atoms with E-state index in [1.807, 2.05) is 85.4 Å². The molecule has 0 aliphatic rings. The van der Waals surface area contributed by atoms with Crippen LogP contribution in [0.4, 0.5) is 0 Å². The first-order valence-corrected chi connectivity index (χ1v) is 9.74. The number of amides is 1. The molecule has 0 aliphatic heterocycles. The van der Waals surface area contributed by atoms with E-state index in [4.69, 9.17) is 16.7 Å². The maximum atomic E-state index is 13.2. The Bertz CT molecular complexity index is 1130. The molecule has 2 aromatic heterocycles. The Balaban J connectivity index is 1.72. The topological polar surface area (TPSA) is 51.9 Å². The number of halogens is 1. The number of benzene rings is 2. The van der Waals surface area contributed by atoms with E-state index in [0.29, 0.717) is 10.7 Å². The lowest BCUT2D eigenvalue weighted by atomic mass is 10.1. The number of hydrogen-bond acceptors (Lipinski definition) is 2. The lowest BCUT2D eigenvalue weighted by Gasteiger charge is -2.15. The van der Waals surface area contributed by atoms with E-state index in [1.165, 1.54) is 0 Å². The molecule has 6 heteroatoms. The SMILES string of the molecule is C[C@@H](NC(=O)c1cc(-c2cccn2C)nn1-c1ccc(Cl)cc1)c1ccccc1. The second-order valence-corrected chi connectivity index (χ2v) is 7.35. The monoisotopic (exact) mass is 404 g/mol. The molecule has 0 saturated carbocycles. The third-order valence-corrected chi connectivity index (χ3v) is 5.12. The Morgan fingerprint density at radius 1 is 1.03 bits per heavy atom. The minimum absolute atomic E-state index is 0.129. The summed E-state index contributed by atoms with van der Waals surface area (Å²) in [5, 5.41) is 8.41. The lowest BCUT2D eigenvalue weighted by Crippen LogP contribution is -2.28. The van der Waals surface area contributed by atoms with Crippen LogP contribution in [0.1, 0.15) is 29.0 Å². The van der Waals surface area contributed by atoms with Crippen molar-refractivity contribution in [2.24, 2.45) is 7.05 Å². The van der Waals surface area contributed by atoms with Gasteiger partial charge in [0.15, 0.2) is 0 Å². The molecule has 0 saturated heterocycles. The Hall–Kier alpha value is -3.31. The van der Waals surface area contributed by atoms with Crippen molar-refractivity contribution < 1.29 is 4.79 Å². The highest BCUT2D eigenvalue weighted by atomic mass is 35.5. The first-order chi connectivity index (χ1) is 14.0. The Morgan fingerprint density at radius 2 is 1.76 bits per heavy atom. The summed E-state index contributed by atoms with van der Waals surface area (Å²) in [6, 6.07) is 22.8. The summed E-state index contributed by atoms with van der Waals surface area (Å²) in [6.07, 6.45) is 1.95. The Morgan fingerprint density at radius 3 is 2.41 bits per heavy atom. The molecule has 2 heterocycles. The van der Waals surface area contributed by atoms with E-state index in [-0.39, 0.29) is 11.9 Å². The fourth-order valence-corrected chi connectivity index (χ4v) is 3.40. The van der Waals surface area contributed by atoms with Crippen LogP contribution in [0, 0.1) is 0 Å². The largest absolute Gasteiger partial charge is 0.349 e. The number of hydrogen-bond donors (Lipinski definition) is 1. The summed E-state index contributed by atoms with van der Waals surface area (Å²) in [5.74, 6) is -0.190. The van der Waals surface area contributed by atoms with Crippen molar-refractivity contribution in [2.75, 3.05) is 0 Å². The fourth-order valence-electron chi connectivity index (χ4n) is 3.27. The maximum Gasteiger partial charge on any atom is 0.270 e. The number of nitrogens with one attached hydrogen (secondary N) is 1. The fraction of sp³-hybridized carbons (Fsp3) is 0.130. The molecule has 0 fully saturated rings. The highest BCUT2D eigenvalue weighted by Crippen LogP contribution is 2.23. The molecule has 29 heavy (non-hydrogen) atoms. The van der Waals surface area contributed by atoms with Gasteiger partial charge in [0.05, 0.1) is 17.4 Å². The van der Waals surface area contributed by atoms with Crippen LogP contribution < -0.4 is 5.32 Å². The van der Waals surface area contributed by atoms with Crippen LogP contribution in [0.2, 0.25) is 5.02 Å². The molecule has 0 spiro atoms. The maximum absolute atomic E-state index is 13.2. The summed E-state index contributed by atoms with van der Waals surface area (Å²) >= 11 is 6.03. The van der Waals surface area contributed by atoms with E-state index in [2.05, 4.69) is 5.32 Å². The molecule has 0 bridgehead atoms. The molecule has 2 aromatic carbocycles. The smallest absolute Gasteiger partial charge is 0.270 e. The molecule has 4 aromatic rings. The van der Waals surface area contributed by atoms with Crippen molar-refractivity contribution in [3.63, 3.8) is 0 Å². The minimum atomic E-state index is -0.190. The summed E-state index contributed by atoms with van der Waals surface area (Å²) in [5.41, 5.74) is 3.94. The third kappa shape index (κ3) is 3.96. The lowest BCUT2D eigenvalue weighted by molar-refractivity contribution is 0.0932. The summed E-state index contributed by atoms with van der Waals surface area (Å²) in [7, 11) is 1.95. The van der Waals surface area contributed by atoms with Crippen LogP contribution in [-0.2, 0) is 7.05 Å². The van der Waals surface area contributed by atoms with Gasteiger partial charge in [-0.2, -0.15) is 5.10 Å². The van der Waals surface area contributed by atoms with Crippen LogP contribution in [0.5, 0.6) is 0 Å². The van der Waals surface area contributed by atoms with Crippen molar-refractivity contribution >= 4 is 17.5 Å². The van der Waals surface area contributed by atoms with Crippen molar-refractivity contribution in [3.8, 4) is 17.1 Å². The number of carbonyl (C=O) groups excluding carboxylic acids is 1. The van der Waals surface area contributed by atoms with Gasteiger partial charge in [0.25, 0.3) is 5.91 Å². The van der Waals surface area contributed by atoms with Crippen molar-refractivity contribution in [1.29, 1.82) is 0 Å². The second kappa shape index (κ2) is 7.97. The molecule has 1 atom stereocenters. The third-order valence-electron chi connectivity index (χ3n) is 4.87. The van der Waals surface area contributed by atoms with E-state index >= 15 is 0 Å². The van der Waals surface area contributed by atoms with E-state index < -0.39 is 0 Å². The Labute approximate surface area is 174 Å². The molecule has 0 aliphatic carbocycles. The van der Waals surface area contributed by atoms with Crippen molar-refractivity contribution in [3.05, 3.63) is 95.3 Å². The molecule has 146 valence electrons. The summed E-state index contributed by atoms with van der Waals surface area (Å²) in [6.45, 7) is 1.97. The predicted octanol–water partition coefficient (Wildman–Crippen LogP) is 5.02. The quantitative estimate of drug-likeness (QED) is 0.507. The van der Waals surface area contributed by atoms with Crippen molar-refractivity contribution in [1.82, 2.24) is 19.7 Å². The highest BCUT2D eigenvalue weighted by molar-refractivity contribution is 6.30. The summed E-state index contributed by atoms with van der Waals surface area (Å²) in [4.78, 5) is 13.2.